The largest absolute Gasteiger partial charge is 0.378 e. The second-order valence-corrected chi connectivity index (χ2v) is 6.57. The van der Waals surface area contributed by atoms with Crippen LogP contribution in [0.15, 0.2) is 37.5 Å². The Labute approximate surface area is 142 Å². The molecule has 0 fully saturated rings. The summed E-state index contributed by atoms with van der Waals surface area (Å²) in [6, 6.07) is 6.31. The number of halogens is 4. The Hall–Kier alpha value is -0.950. The second-order valence-electron chi connectivity index (χ2n) is 4.31. The van der Waals surface area contributed by atoms with Crippen LogP contribution in [-0.4, -0.2) is 0 Å². The summed E-state index contributed by atoms with van der Waals surface area (Å²) in [7, 11) is 0. The fourth-order valence-corrected chi connectivity index (χ4v) is 3.64. The summed E-state index contributed by atoms with van der Waals surface area (Å²) in [6.45, 7) is 0.407. The lowest BCUT2D eigenvalue weighted by atomic mass is 10.2. The van der Waals surface area contributed by atoms with Gasteiger partial charge in [-0.25, -0.2) is 4.39 Å². The standard InChI is InChI=1S/C13H7BrCl2FN3S/c14-7-1-6(2-8(17)3-7)5-18-11-9(15)4-10(16)12-13(11)20-21-19-12/h1-4,18H,5H2. The predicted octanol–water partition coefficient (Wildman–Crippen LogP) is 6.23. The van der Waals surface area contributed by atoms with Crippen LogP contribution in [0, 0.1) is 5.82 Å². The molecule has 0 aliphatic carbocycles. The van der Waals surface area contributed by atoms with Gasteiger partial charge >= 0.3 is 0 Å². The van der Waals surface area contributed by atoms with Crippen LogP contribution in [0.2, 0.25) is 10.0 Å². The molecule has 1 heterocycles. The maximum atomic E-state index is 13.4. The van der Waals surface area contributed by atoms with Gasteiger partial charge in [0.2, 0.25) is 0 Å². The minimum absolute atomic E-state index is 0.302. The van der Waals surface area contributed by atoms with E-state index in [1.165, 1.54) is 12.1 Å². The monoisotopic (exact) mass is 405 g/mol. The highest BCUT2D eigenvalue weighted by atomic mass is 79.9. The maximum absolute atomic E-state index is 13.4. The van der Waals surface area contributed by atoms with E-state index >= 15 is 0 Å². The average Bonchev–Trinajstić information content (AvgIpc) is 2.86. The van der Waals surface area contributed by atoms with Crippen LogP contribution in [-0.2, 0) is 17.9 Å². The number of nitrogens with one attached hydrogen (secondary N) is 1. The number of hydrogen-bond donors (Lipinski definition) is 1. The fourth-order valence-electron chi connectivity index (χ4n) is 1.95. The molecule has 1 aliphatic heterocycles. The Morgan fingerprint density at radius 2 is 1.86 bits per heavy atom. The molecule has 108 valence electrons. The first-order valence-corrected chi connectivity index (χ1v) is 8.11. The number of fused-ring (bicyclic) bond motifs is 1. The van der Waals surface area contributed by atoms with Gasteiger partial charge in [0, 0.05) is 11.0 Å². The number of anilines is 1. The van der Waals surface area contributed by atoms with Crippen LogP contribution in [0.3, 0.4) is 0 Å². The van der Waals surface area contributed by atoms with Gasteiger partial charge in [0.1, 0.15) is 17.2 Å². The second kappa shape index (κ2) is 6.04. The Balaban J connectivity index is 1.90. The molecular formula is C13H7BrCl2FN3S. The molecule has 0 spiro atoms. The molecule has 0 amide bonds. The van der Waals surface area contributed by atoms with Gasteiger partial charge in [-0.3, -0.25) is 0 Å². The maximum Gasteiger partial charge on any atom is 0.130 e. The SMILES string of the molecule is Fc1cc(Br)cc(CNc2c(Cl)cc(Cl)c3c2N=S=N3)c1. The molecule has 0 saturated carbocycles. The number of nitrogens with zero attached hydrogens (tertiary/aromatic N) is 2. The zero-order valence-corrected chi connectivity index (χ0v) is 14.2. The Morgan fingerprint density at radius 3 is 2.62 bits per heavy atom. The summed E-state index contributed by atoms with van der Waals surface area (Å²) < 4.78 is 22.4. The van der Waals surface area contributed by atoms with E-state index < -0.39 is 0 Å². The summed E-state index contributed by atoms with van der Waals surface area (Å²) in [5, 5.41) is 4.08. The van der Waals surface area contributed by atoms with Crippen LogP contribution >= 0.6 is 39.1 Å². The molecule has 0 radical (unpaired) electrons. The van der Waals surface area contributed by atoms with E-state index in [1.807, 2.05) is 6.07 Å². The minimum Gasteiger partial charge on any atom is -0.378 e. The highest BCUT2D eigenvalue weighted by Crippen LogP contribution is 2.47. The van der Waals surface area contributed by atoms with Gasteiger partial charge in [-0.15, -0.1) is 0 Å². The topological polar surface area (TPSA) is 36.8 Å². The molecule has 0 atom stereocenters. The molecule has 3 rings (SSSR count). The molecule has 0 aromatic heterocycles. The highest BCUT2D eigenvalue weighted by molar-refractivity contribution is 9.10. The molecule has 2 aromatic rings. The molecular weight excluding hydrogens is 400 g/mol. The van der Waals surface area contributed by atoms with Gasteiger partial charge in [-0.2, -0.15) is 8.73 Å². The molecule has 1 N–H and O–H groups in total. The van der Waals surface area contributed by atoms with E-state index in [4.69, 9.17) is 23.2 Å². The summed E-state index contributed by atoms with van der Waals surface area (Å²) >= 11 is 16.6. The number of rotatable bonds is 3. The van der Waals surface area contributed by atoms with Crippen LogP contribution in [0.25, 0.3) is 0 Å². The molecule has 0 bridgehead atoms. The van der Waals surface area contributed by atoms with E-state index in [-0.39, 0.29) is 5.82 Å². The third-order valence-electron chi connectivity index (χ3n) is 2.84. The smallest absolute Gasteiger partial charge is 0.130 e. The molecule has 1 aliphatic rings. The lowest BCUT2D eigenvalue weighted by molar-refractivity contribution is 0.625. The molecule has 21 heavy (non-hydrogen) atoms. The number of hydrogen-bond acceptors (Lipinski definition) is 3. The van der Waals surface area contributed by atoms with Crippen LogP contribution < -0.4 is 5.32 Å². The van der Waals surface area contributed by atoms with E-state index in [1.54, 1.807) is 6.07 Å². The molecule has 3 nitrogen and oxygen atoms in total. The summed E-state index contributed by atoms with van der Waals surface area (Å²) in [6.07, 6.45) is 0. The predicted molar refractivity (Wildman–Crippen MR) is 89.4 cm³/mol. The zero-order valence-electron chi connectivity index (χ0n) is 10.3. The lowest BCUT2D eigenvalue weighted by Gasteiger charge is -2.12. The van der Waals surface area contributed by atoms with Crippen molar-refractivity contribution >= 4 is 67.5 Å². The normalized spacial score (nSPS) is 12.2. The molecule has 8 heteroatoms. The Kier molecular flexibility index (Phi) is 4.31. The van der Waals surface area contributed by atoms with Crippen molar-refractivity contribution < 1.29 is 4.39 Å². The third kappa shape index (κ3) is 3.13. The van der Waals surface area contributed by atoms with Crippen molar-refractivity contribution in [1.82, 2.24) is 0 Å². The van der Waals surface area contributed by atoms with Crippen molar-refractivity contribution in [2.75, 3.05) is 5.32 Å². The molecule has 0 saturated heterocycles. The highest BCUT2D eigenvalue weighted by Gasteiger charge is 2.18. The Bertz CT molecular complexity index is 786. The third-order valence-corrected chi connectivity index (χ3v) is 4.41. The van der Waals surface area contributed by atoms with E-state index in [0.717, 1.165) is 16.9 Å². The Morgan fingerprint density at radius 1 is 1.10 bits per heavy atom. The van der Waals surface area contributed by atoms with E-state index in [2.05, 4.69) is 30.0 Å². The van der Waals surface area contributed by atoms with Crippen LogP contribution in [0.1, 0.15) is 5.56 Å². The first-order chi connectivity index (χ1) is 10.0. The van der Waals surface area contributed by atoms with E-state index in [0.29, 0.717) is 38.1 Å². The van der Waals surface area contributed by atoms with Crippen molar-refractivity contribution in [3.05, 3.63) is 50.2 Å². The quantitative estimate of drug-likeness (QED) is 0.549. The van der Waals surface area contributed by atoms with Gasteiger partial charge in [0.25, 0.3) is 0 Å². The van der Waals surface area contributed by atoms with Crippen molar-refractivity contribution in [2.24, 2.45) is 8.73 Å². The van der Waals surface area contributed by atoms with Crippen molar-refractivity contribution in [2.45, 2.75) is 6.54 Å². The van der Waals surface area contributed by atoms with Crippen molar-refractivity contribution in [3.8, 4) is 0 Å². The van der Waals surface area contributed by atoms with Crippen molar-refractivity contribution in [3.63, 3.8) is 0 Å². The van der Waals surface area contributed by atoms with Gasteiger partial charge in [0.05, 0.1) is 27.1 Å². The van der Waals surface area contributed by atoms with Crippen LogP contribution in [0.5, 0.6) is 0 Å². The summed E-state index contributed by atoms with van der Waals surface area (Å²) in [5.41, 5.74) is 2.65. The average molecular weight is 407 g/mol. The lowest BCUT2D eigenvalue weighted by Crippen LogP contribution is -2.01. The van der Waals surface area contributed by atoms with Gasteiger partial charge in [0.15, 0.2) is 0 Å². The molecule has 2 aromatic carbocycles. The summed E-state index contributed by atoms with van der Waals surface area (Å²) in [4.78, 5) is 0. The van der Waals surface area contributed by atoms with Crippen LogP contribution in [0.4, 0.5) is 21.5 Å². The van der Waals surface area contributed by atoms with Crippen molar-refractivity contribution in [1.29, 1.82) is 0 Å². The van der Waals surface area contributed by atoms with Gasteiger partial charge in [-0.05, 0) is 29.8 Å². The zero-order chi connectivity index (χ0) is 15.0. The van der Waals surface area contributed by atoms with Gasteiger partial charge in [-0.1, -0.05) is 39.1 Å². The molecule has 0 unspecified atom stereocenters. The van der Waals surface area contributed by atoms with E-state index in [9.17, 15) is 4.39 Å². The summed E-state index contributed by atoms with van der Waals surface area (Å²) in [5.74, 6) is -0.302. The first kappa shape index (κ1) is 15.0. The fraction of sp³-hybridized carbons (Fsp3) is 0.0769. The first-order valence-electron chi connectivity index (χ1n) is 5.83. The number of benzene rings is 2. The minimum atomic E-state index is -0.302. The van der Waals surface area contributed by atoms with Gasteiger partial charge < -0.3 is 5.32 Å².